The van der Waals surface area contributed by atoms with Crippen molar-refractivity contribution in [3.8, 4) is 0 Å². The molecule has 0 saturated carbocycles. The number of carbonyl (C=O) groups excluding carboxylic acids is 1. The summed E-state index contributed by atoms with van der Waals surface area (Å²) < 4.78 is 0. The van der Waals surface area contributed by atoms with Crippen molar-refractivity contribution in [3.63, 3.8) is 0 Å². The second kappa shape index (κ2) is 5.59. The Labute approximate surface area is 74.1 Å². The number of hydrogen-bond donors (Lipinski definition) is 0. The molecule has 0 aliphatic carbocycles. The van der Waals surface area contributed by atoms with E-state index < -0.39 is 0 Å². The third-order valence-electron chi connectivity index (χ3n) is 1.90. The molecule has 0 bridgehead atoms. The Kier molecular flexibility index (Phi) is 5.57. The van der Waals surface area contributed by atoms with E-state index in [1.807, 2.05) is 13.8 Å². The lowest BCUT2D eigenvalue weighted by molar-refractivity contribution is -0.119. The predicted octanol–water partition coefficient (Wildman–Crippen LogP) is 3.01. The summed E-state index contributed by atoms with van der Waals surface area (Å²) in [5.74, 6) is 0.502. The van der Waals surface area contributed by atoms with Crippen molar-refractivity contribution >= 4 is 17.4 Å². The summed E-state index contributed by atoms with van der Waals surface area (Å²) in [5, 5.41) is -0.264. The Bertz CT molecular complexity index is 123. The quantitative estimate of drug-likeness (QED) is 0.589. The van der Waals surface area contributed by atoms with E-state index in [1.54, 1.807) is 0 Å². The fourth-order valence-electron chi connectivity index (χ4n) is 1.11. The van der Waals surface area contributed by atoms with Crippen LogP contribution in [0.5, 0.6) is 0 Å². The van der Waals surface area contributed by atoms with Gasteiger partial charge in [-0.05, 0) is 12.3 Å². The molecule has 2 heteroatoms. The molecule has 0 heterocycles. The number of Topliss-reactive ketones (excluding diaryl/α,β-unsaturated/α-hetero) is 1. The minimum atomic E-state index is -0.264. The molecule has 0 aliphatic rings. The number of carbonyl (C=O) groups is 1. The van der Waals surface area contributed by atoms with E-state index >= 15 is 0 Å². The smallest absolute Gasteiger partial charge is 0.150 e. The topological polar surface area (TPSA) is 17.1 Å². The Morgan fingerprint density at radius 3 is 2.36 bits per heavy atom. The maximum Gasteiger partial charge on any atom is 0.150 e. The van der Waals surface area contributed by atoms with Crippen LogP contribution in [-0.2, 0) is 4.79 Å². The minimum Gasteiger partial charge on any atom is -0.298 e. The molecule has 66 valence electrons. The van der Waals surface area contributed by atoms with Gasteiger partial charge in [0.2, 0.25) is 0 Å². The zero-order valence-electron chi connectivity index (χ0n) is 7.56. The highest BCUT2D eigenvalue weighted by atomic mass is 35.5. The van der Waals surface area contributed by atoms with Crippen molar-refractivity contribution in [2.45, 2.75) is 45.4 Å². The SMILES string of the molecule is CCCC(C)C(Cl)C(=O)CC. The fourth-order valence-corrected chi connectivity index (χ4v) is 1.39. The average molecular weight is 177 g/mol. The molecule has 0 aromatic rings. The summed E-state index contributed by atoms with van der Waals surface area (Å²) in [4.78, 5) is 11.1. The van der Waals surface area contributed by atoms with Crippen LogP contribution in [0.2, 0.25) is 0 Å². The summed E-state index contributed by atoms with van der Waals surface area (Å²) in [7, 11) is 0. The van der Waals surface area contributed by atoms with Crippen LogP contribution in [0.25, 0.3) is 0 Å². The van der Waals surface area contributed by atoms with Crippen LogP contribution in [0.1, 0.15) is 40.0 Å². The first-order valence-corrected chi connectivity index (χ1v) is 4.73. The van der Waals surface area contributed by atoms with Crippen molar-refractivity contribution in [2.24, 2.45) is 5.92 Å². The Hall–Kier alpha value is -0.0400. The van der Waals surface area contributed by atoms with E-state index in [1.165, 1.54) is 0 Å². The minimum absolute atomic E-state index is 0.174. The third kappa shape index (κ3) is 3.76. The second-order valence-corrected chi connectivity index (χ2v) is 3.46. The normalized spacial score (nSPS) is 16.0. The number of alkyl halides is 1. The molecule has 0 aromatic heterocycles. The number of rotatable bonds is 5. The lowest BCUT2D eigenvalue weighted by Crippen LogP contribution is -2.21. The predicted molar refractivity (Wildman–Crippen MR) is 49.0 cm³/mol. The highest BCUT2D eigenvalue weighted by Crippen LogP contribution is 2.17. The summed E-state index contributed by atoms with van der Waals surface area (Å²) in [6, 6.07) is 0. The van der Waals surface area contributed by atoms with Crippen molar-refractivity contribution in [2.75, 3.05) is 0 Å². The maximum atomic E-state index is 11.1. The monoisotopic (exact) mass is 176 g/mol. The molecule has 2 unspecified atom stereocenters. The standard InChI is InChI=1S/C9H17ClO/c1-4-6-7(3)9(10)8(11)5-2/h7,9H,4-6H2,1-3H3. The van der Waals surface area contributed by atoms with Gasteiger partial charge in [0.15, 0.2) is 5.78 Å². The van der Waals surface area contributed by atoms with Gasteiger partial charge in [0.25, 0.3) is 0 Å². The van der Waals surface area contributed by atoms with Gasteiger partial charge in [-0.1, -0.05) is 27.2 Å². The van der Waals surface area contributed by atoms with Gasteiger partial charge in [0, 0.05) is 6.42 Å². The molecule has 0 fully saturated rings. The molecule has 0 rings (SSSR count). The van der Waals surface area contributed by atoms with E-state index in [9.17, 15) is 4.79 Å². The van der Waals surface area contributed by atoms with Gasteiger partial charge in [-0.25, -0.2) is 0 Å². The highest BCUT2D eigenvalue weighted by Gasteiger charge is 2.19. The van der Waals surface area contributed by atoms with Crippen LogP contribution in [0.15, 0.2) is 0 Å². The largest absolute Gasteiger partial charge is 0.298 e. The number of ketones is 1. The van der Waals surface area contributed by atoms with Gasteiger partial charge in [-0.3, -0.25) is 4.79 Å². The maximum absolute atomic E-state index is 11.1. The number of hydrogen-bond acceptors (Lipinski definition) is 1. The van der Waals surface area contributed by atoms with Crippen LogP contribution < -0.4 is 0 Å². The molecule has 2 atom stereocenters. The Morgan fingerprint density at radius 1 is 1.45 bits per heavy atom. The Balaban J connectivity index is 3.80. The molecule has 1 nitrogen and oxygen atoms in total. The molecular weight excluding hydrogens is 160 g/mol. The van der Waals surface area contributed by atoms with Crippen LogP contribution in [0.3, 0.4) is 0 Å². The molecule has 0 aromatic carbocycles. The van der Waals surface area contributed by atoms with Crippen LogP contribution in [0, 0.1) is 5.92 Å². The van der Waals surface area contributed by atoms with E-state index in [-0.39, 0.29) is 11.2 Å². The molecule has 0 spiro atoms. The first kappa shape index (κ1) is 11.0. The van der Waals surface area contributed by atoms with Gasteiger partial charge < -0.3 is 0 Å². The molecule has 11 heavy (non-hydrogen) atoms. The molecule has 0 N–H and O–H groups in total. The fraction of sp³-hybridized carbons (Fsp3) is 0.889. The van der Waals surface area contributed by atoms with Gasteiger partial charge in [-0.15, -0.1) is 11.6 Å². The third-order valence-corrected chi connectivity index (χ3v) is 2.57. The van der Waals surface area contributed by atoms with Crippen molar-refractivity contribution in [1.82, 2.24) is 0 Å². The lowest BCUT2D eigenvalue weighted by atomic mass is 9.98. The van der Waals surface area contributed by atoms with Crippen LogP contribution >= 0.6 is 11.6 Å². The molecular formula is C9H17ClO. The van der Waals surface area contributed by atoms with Gasteiger partial charge in [-0.2, -0.15) is 0 Å². The second-order valence-electron chi connectivity index (χ2n) is 2.99. The van der Waals surface area contributed by atoms with Crippen molar-refractivity contribution in [1.29, 1.82) is 0 Å². The molecule has 0 amide bonds. The zero-order valence-corrected chi connectivity index (χ0v) is 8.32. The summed E-state index contributed by atoms with van der Waals surface area (Å²) >= 11 is 5.91. The molecule has 0 aliphatic heterocycles. The van der Waals surface area contributed by atoms with Crippen molar-refractivity contribution < 1.29 is 4.79 Å². The van der Waals surface area contributed by atoms with Gasteiger partial charge in [0.1, 0.15) is 0 Å². The van der Waals surface area contributed by atoms with E-state index in [2.05, 4.69) is 6.92 Å². The number of halogens is 1. The van der Waals surface area contributed by atoms with Gasteiger partial charge >= 0.3 is 0 Å². The molecule has 0 radical (unpaired) electrons. The first-order valence-electron chi connectivity index (χ1n) is 4.30. The van der Waals surface area contributed by atoms with Crippen molar-refractivity contribution in [3.05, 3.63) is 0 Å². The Morgan fingerprint density at radius 2 is 2.00 bits per heavy atom. The average Bonchev–Trinajstić information content (AvgIpc) is 2.02. The van der Waals surface area contributed by atoms with E-state index in [0.29, 0.717) is 12.3 Å². The summed E-state index contributed by atoms with van der Waals surface area (Å²) in [6.45, 7) is 6.00. The summed E-state index contributed by atoms with van der Waals surface area (Å²) in [5.41, 5.74) is 0. The van der Waals surface area contributed by atoms with E-state index in [4.69, 9.17) is 11.6 Å². The molecule has 0 saturated heterocycles. The summed E-state index contributed by atoms with van der Waals surface area (Å²) in [6.07, 6.45) is 2.70. The lowest BCUT2D eigenvalue weighted by Gasteiger charge is -2.14. The zero-order chi connectivity index (χ0) is 8.85. The van der Waals surface area contributed by atoms with Crippen LogP contribution in [-0.4, -0.2) is 11.2 Å². The van der Waals surface area contributed by atoms with Crippen LogP contribution in [0.4, 0.5) is 0 Å². The highest BCUT2D eigenvalue weighted by molar-refractivity contribution is 6.31. The first-order chi connectivity index (χ1) is 5.13. The van der Waals surface area contributed by atoms with E-state index in [0.717, 1.165) is 12.8 Å². The van der Waals surface area contributed by atoms with Gasteiger partial charge in [0.05, 0.1) is 5.38 Å².